The summed E-state index contributed by atoms with van der Waals surface area (Å²) < 4.78 is 6.16. The average Bonchev–Trinajstić information content (AvgIpc) is 2.70. The maximum absolute atomic E-state index is 12.8. The summed E-state index contributed by atoms with van der Waals surface area (Å²) in [5.41, 5.74) is -1.21. The number of nitro benzene ring substituents is 1. The maximum atomic E-state index is 12.8. The first-order valence-corrected chi connectivity index (χ1v) is 8.96. The fourth-order valence-electron chi connectivity index (χ4n) is 2.81. The number of benzene rings is 2. The van der Waals surface area contributed by atoms with E-state index in [0.29, 0.717) is 17.9 Å². The molecule has 0 atom stereocenters. The third-order valence-corrected chi connectivity index (χ3v) is 4.29. The normalized spacial score (nSPS) is 10.5. The average molecular weight is 410 g/mol. The lowest BCUT2D eigenvalue weighted by Crippen LogP contribution is -2.38. The van der Waals surface area contributed by atoms with Gasteiger partial charge in [0.1, 0.15) is 11.3 Å². The molecule has 0 fully saturated rings. The Morgan fingerprint density at radius 2 is 1.90 bits per heavy atom. The fraction of sp³-hybridized carbons (Fsp3) is 0.150. The van der Waals surface area contributed by atoms with Crippen molar-refractivity contribution in [2.75, 3.05) is 11.9 Å². The summed E-state index contributed by atoms with van der Waals surface area (Å²) in [6, 6.07) is 10.4. The number of rotatable bonds is 6. The van der Waals surface area contributed by atoms with Crippen molar-refractivity contribution in [1.29, 1.82) is 0 Å². The zero-order chi connectivity index (χ0) is 21.8. The summed E-state index contributed by atoms with van der Waals surface area (Å²) in [4.78, 5) is 50.5. The van der Waals surface area contributed by atoms with Crippen molar-refractivity contribution in [2.24, 2.45) is 0 Å². The molecule has 0 aliphatic carbocycles. The highest BCUT2D eigenvalue weighted by Crippen LogP contribution is 2.22. The lowest BCUT2D eigenvalue weighted by molar-refractivity contribution is -0.385. The molecule has 10 heteroatoms. The van der Waals surface area contributed by atoms with Crippen LogP contribution >= 0.6 is 0 Å². The topological polar surface area (TPSA) is 136 Å². The van der Waals surface area contributed by atoms with Crippen molar-refractivity contribution < 1.29 is 14.5 Å². The second-order valence-corrected chi connectivity index (χ2v) is 6.29. The van der Waals surface area contributed by atoms with E-state index in [2.05, 4.69) is 10.3 Å². The minimum atomic E-state index is -0.831. The molecule has 1 aromatic heterocycles. The van der Waals surface area contributed by atoms with E-state index in [4.69, 9.17) is 4.74 Å². The molecular weight excluding hydrogens is 392 g/mol. The Labute approximate surface area is 169 Å². The lowest BCUT2D eigenvalue weighted by Gasteiger charge is -2.09. The van der Waals surface area contributed by atoms with Gasteiger partial charge in [0.15, 0.2) is 0 Å². The van der Waals surface area contributed by atoms with Crippen LogP contribution in [0.15, 0.2) is 58.3 Å². The summed E-state index contributed by atoms with van der Waals surface area (Å²) in [7, 11) is 0. The van der Waals surface area contributed by atoms with E-state index in [1.807, 2.05) is 6.92 Å². The zero-order valence-corrected chi connectivity index (χ0v) is 16.2. The van der Waals surface area contributed by atoms with E-state index >= 15 is 0 Å². The Balaban J connectivity index is 1.96. The molecule has 0 radical (unpaired) electrons. The van der Waals surface area contributed by atoms with Gasteiger partial charge in [-0.1, -0.05) is 6.07 Å². The van der Waals surface area contributed by atoms with Gasteiger partial charge in [-0.25, -0.2) is 9.36 Å². The molecule has 0 bridgehead atoms. The van der Waals surface area contributed by atoms with E-state index < -0.39 is 22.1 Å². The number of nitrogens with one attached hydrogen (secondary N) is 2. The number of aromatic nitrogens is 2. The molecule has 0 aliphatic heterocycles. The molecule has 154 valence electrons. The highest BCUT2D eigenvalue weighted by Gasteiger charge is 2.18. The Morgan fingerprint density at radius 3 is 2.53 bits per heavy atom. The predicted molar refractivity (Wildman–Crippen MR) is 110 cm³/mol. The van der Waals surface area contributed by atoms with Gasteiger partial charge in [0.05, 0.1) is 17.2 Å². The van der Waals surface area contributed by atoms with Crippen molar-refractivity contribution in [3.63, 3.8) is 0 Å². The smallest absolute Gasteiger partial charge is 0.333 e. The van der Waals surface area contributed by atoms with Gasteiger partial charge < -0.3 is 15.0 Å². The molecular formula is C20H18N4O6. The molecule has 0 aliphatic rings. The van der Waals surface area contributed by atoms with Crippen LogP contribution in [0.2, 0.25) is 0 Å². The van der Waals surface area contributed by atoms with E-state index in [-0.39, 0.29) is 22.6 Å². The summed E-state index contributed by atoms with van der Waals surface area (Å²) in [6.45, 7) is 3.86. The number of anilines is 1. The zero-order valence-electron chi connectivity index (χ0n) is 16.2. The number of nitrogens with zero attached hydrogens (tertiary/aromatic N) is 2. The van der Waals surface area contributed by atoms with E-state index in [0.717, 1.165) is 10.8 Å². The molecule has 0 unspecified atom stereocenters. The number of carbonyl (C=O) groups is 1. The maximum Gasteiger partial charge on any atom is 0.333 e. The minimum Gasteiger partial charge on any atom is -0.494 e. The fourth-order valence-corrected chi connectivity index (χ4v) is 2.81. The third kappa shape index (κ3) is 4.12. The first-order valence-electron chi connectivity index (χ1n) is 8.96. The molecule has 0 saturated heterocycles. The number of H-pyrrole nitrogens is 1. The number of aryl methyl sites for hydroxylation is 1. The van der Waals surface area contributed by atoms with E-state index in [1.165, 1.54) is 30.3 Å². The van der Waals surface area contributed by atoms with Crippen LogP contribution in [0.4, 0.5) is 11.4 Å². The summed E-state index contributed by atoms with van der Waals surface area (Å²) >= 11 is 0. The highest BCUT2D eigenvalue weighted by atomic mass is 16.6. The number of nitro groups is 1. The van der Waals surface area contributed by atoms with Gasteiger partial charge in [0, 0.05) is 23.5 Å². The molecule has 0 saturated carbocycles. The van der Waals surface area contributed by atoms with Crippen LogP contribution in [-0.4, -0.2) is 27.0 Å². The predicted octanol–water partition coefficient (Wildman–Crippen LogP) is 2.39. The van der Waals surface area contributed by atoms with Gasteiger partial charge in [-0.2, -0.15) is 0 Å². The standard InChI is InChI=1S/C20H18N4O6/c1-3-30-15-8-6-14(7-9-15)23-19(26)16(11-21-20(23)27)18(25)22-13-5-4-12(2)17(10-13)24(28)29/h4-11H,3H2,1-2H3,(H,21,27)(H,22,25). The quantitative estimate of drug-likeness (QED) is 0.473. The van der Waals surface area contributed by atoms with Crippen molar-refractivity contribution in [1.82, 2.24) is 9.55 Å². The van der Waals surface area contributed by atoms with Gasteiger partial charge in [-0.3, -0.25) is 19.7 Å². The van der Waals surface area contributed by atoms with Gasteiger partial charge in [-0.15, -0.1) is 0 Å². The van der Waals surface area contributed by atoms with Gasteiger partial charge >= 0.3 is 5.69 Å². The van der Waals surface area contributed by atoms with Gasteiger partial charge in [-0.05, 0) is 44.2 Å². The monoisotopic (exact) mass is 410 g/mol. The Hall–Kier alpha value is -4.21. The first kappa shape index (κ1) is 20.5. The van der Waals surface area contributed by atoms with Gasteiger partial charge in [0.25, 0.3) is 17.2 Å². The lowest BCUT2D eigenvalue weighted by atomic mass is 10.2. The van der Waals surface area contributed by atoms with Crippen LogP contribution in [-0.2, 0) is 0 Å². The number of hydrogen-bond donors (Lipinski definition) is 2. The van der Waals surface area contributed by atoms with Crippen LogP contribution in [0.1, 0.15) is 22.8 Å². The number of amides is 1. The van der Waals surface area contributed by atoms with E-state index in [9.17, 15) is 24.5 Å². The van der Waals surface area contributed by atoms with Crippen molar-refractivity contribution in [2.45, 2.75) is 13.8 Å². The number of ether oxygens (including phenoxy) is 1. The van der Waals surface area contributed by atoms with Crippen LogP contribution in [0, 0.1) is 17.0 Å². The Kier molecular flexibility index (Phi) is 5.77. The van der Waals surface area contributed by atoms with E-state index in [1.54, 1.807) is 19.1 Å². The molecule has 30 heavy (non-hydrogen) atoms. The van der Waals surface area contributed by atoms with Gasteiger partial charge in [0.2, 0.25) is 0 Å². The molecule has 0 spiro atoms. The van der Waals surface area contributed by atoms with Crippen LogP contribution in [0.3, 0.4) is 0 Å². The molecule has 2 aromatic carbocycles. The second-order valence-electron chi connectivity index (χ2n) is 6.29. The number of hydrogen-bond acceptors (Lipinski definition) is 6. The third-order valence-electron chi connectivity index (χ3n) is 4.29. The molecule has 2 N–H and O–H groups in total. The Bertz CT molecular complexity index is 1230. The molecule has 1 amide bonds. The van der Waals surface area contributed by atoms with Crippen LogP contribution in [0.25, 0.3) is 5.69 Å². The summed E-state index contributed by atoms with van der Waals surface area (Å²) in [5, 5.41) is 13.5. The molecule has 3 rings (SSSR count). The highest BCUT2D eigenvalue weighted by molar-refractivity contribution is 6.04. The molecule has 10 nitrogen and oxygen atoms in total. The molecule has 3 aromatic rings. The van der Waals surface area contributed by atoms with Crippen molar-refractivity contribution >= 4 is 17.3 Å². The van der Waals surface area contributed by atoms with Crippen molar-refractivity contribution in [3.05, 3.63) is 90.7 Å². The van der Waals surface area contributed by atoms with Crippen LogP contribution < -0.4 is 21.3 Å². The summed E-state index contributed by atoms with van der Waals surface area (Å²) in [6.07, 6.45) is 1.01. The number of aromatic amines is 1. The second kappa shape index (κ2) is 8.43. The van der Waals surface area contributed by atoms with Crippen LogP contribution in [0.5, 0.6) is 5.75 Å². The first-order chi connectivity index (χ1) is 14.3. The Morgan fingerprint density at radius 1 is 1.20 bits per heavy atom. The SMILES string of the molecule is CCOc1ccc(-n2c(=O)[nH]cc(C(=O)Nc3ccc(C)c([N+](=O)[O-])c3)c2=O)cc1. The minimum absolute atomic E-state index is 0.149. The largest absolute Gasteiger partial charge is 0.494 e. The van der Waals surface area contributed by atoms with Crippen molar-refractivity contribution in [3.8, 4) is 11.4 Å². The summed E-state index contributed by atoms with van der Waals surface area (Å²) in [5.74, 6) is -0.241. The number of carbonyl (C=O) groups excluding carboxylic acids is 1. The molecule has 1 heterocycles.